The van der Waals surface area contributed by atoms with Crippen LogP contribution in [0.25, 0.3) is 17.0 Å². The van der Waals surface area contributed by atoms with Gasteiger partial charge in [-0.15, -0.1) is 0 Å². The van der Waals surface area contributed by atoms with Crippen LogP contribution in [0.1, 0.15) is 33.2 Å². The number of ether oxygens (including phenoxy) is 2. The summed E-state index contributed by atoms with van der Waals surface area (Å²) in [5.41, 5.74) is 2.59. The zero-order valence-corrected chi connectivity index (χ0v) is 17.2. The number of aromatic nitrogens is 1. The van der Waals surface area contributed by atoms with E-state index in [1.54, 1.807) is 12.1 Å². The van der Waals surface area contributed by atoms with Gasteiger partial charge in [-0.3, -0.25) is 4.79 Å². The van der Waals surface area contributed by atoms with Gasteiger partial charge in [0, 0.05) is 35.3 Å². The van der Waals surface area contributed by atoms with Crippen LogP contribution in [0.4, 0.5) is 4.39 Å². The molecule has 32 heavy (non-hydrogen) atoms. The second kappa shape index (κ2) is 7.81. The Morgan fingerprint density at radius 2 is 1.88 bits per heavy atom. The van der Waals surface area contributed by atoms with E-state index in [9.17, 15) is 14.0 Å². The first-order valence-electron chi connectivity index (χ1n) is 10.2. The number of halogens is 1. The van der Waals surface area contributed by atoms with E-state index in [2.05, 4.69) is 11.5 Å². The minimum atomic E-state index is -0.627. The largest absolute Gasteiger partial charge is 0.452 e. The van der Waals surface area contributed by atoms with Crippen molar-refractivity contribution in [3.8, 4) is 11.5 Å². The first-order chi connectivity index (χ1) is 15.5. The van der Waals surface area contributed by atoms with Crippen LogP contribution in [-0.2, 0) is 6.54 Å². The van der Waals surface area contributed by atoms with Gasteiger partial charge in [0.05, 0.1) is 11.1 Å². The summed E-state index contributed by atoms with van der Waals surface area (Å²) in [5, 5.41) is 1.03. The van der Waals surface area contributed by atoms with Crippen molar-refractivity contribution in [3.05, 3.63) is 101 Å². The molecule has 0 aliphatic carbocycles. The summed E-state index contributed by atoms with van der Waals surface area (Å²) in [6.07, 6.45) is 3.73. The smallest absolute Gasteiger partial charge is 0.343 e. The highest BCUT2D eigenvalue weighted by atomic mass is 19.1. The SMILES string of the molecule is CCn1cc(/C=C2/Oc3cc(OC(=O)c4ccc(F)cc4)ccc3C2=O)c2ccccc21. The van der Waals surface area contributed by atoms with Gasteiger partial charge in [-0.05, 0) is 55.5 Å². The lowest BCUT2D eigenvalue weighted by Gasteiger charge is -2.05. The number of rotatable bonds is 4. The average Bonchev–Trinajstić information content (AvgIpc) is 3.31. The highest BCUT2D eigenvalue weighted by Crippen LogP contribution is 2.36. The maximum atomic E-state index is 13.1. The summed E-state index contributed by atoms with van der Waals surface area (Å²) >= 11 is 0. The molecule has 4 aromatic rings. The second-order valence-electron chi connectivity index (χ2n) is 7.38. The van der Waals surface area contributed by atoms with Crippen LogP contribution in [0.5, 0.6) is 11.5 Å². The molecule has 0 spiro atoms. The van der Waals surface area contributed by atoms with Crippen molar-refractivity contribution in [2.24, 2.45) is 0 Å². The van der Waals surface area contributed by atoms with Crippen LogP contribution in [-0.4, -0.2) is 16.3 Å². The quantitative estimate of drug-likeness (QED) is 0.240. The van der Waals surface area contributed by atoms with Crippen LogP contribution in [0, 0.1) is 5.82 Å². The molecule has 0 radical (unpaired) electrons. The minimum absolute atomic E-state index is 0.209. The number of benzene rings is 3. The van der Waals surface area contributed by atoms with Gasteiger partial charge in [0.15, 0.2) is 5.76 Å². The number of aryl methyl sites for hydroxylation is 1. The monoisotopic (exact) mass is 427 g/mol. The molecule has 6 heteroatoms. The summed E-state index contributed by atoms with van der Waals surface area (Å²) in [6.45, 7) is 2.87. The predicted molar refractivity (Wildman–Crippen MR) is 118 cm³/mol. The van der Waals surface area contributed by atoms with E-state index in [1.165, 1.54) is 36.4 Å². The molecule has 0 fully saturated rings. The van der Waals surface area contributed by atoms with Crippen molar-refractivity contribution < 1.29 is 23.5 Å². The van der Waals surface area contributed by atoms with E-state index >= 15 is 0 Å². The Bertz CT molecular complexity index is 1400. The van der Waals surface area contributed by atoms with Gasteiger partial charge in [-0.25, -0.2) is 9.18 Å². The molecule has 0 atom stereocenters. The molecule has 2 heterocycles. The van der Waals surface area contributed by atoms with Gasteiger partial charge in [0.25, 0.3) is 0 Å². The van der Waals surface area contributed by atoms with Crippen LogP contribution in [0.2, 0.25) is 0 Å². The van der Waals surface area contributed by atoms with Gasteiger partial charge in [-0.2, -0.15) is 0 Å². The fraction of sp³-hybridized carbons (Fsp3) is 0.0769. The lowest BCUT2D eigenvalue weighted by molar-refractivity contribution is 0.0734. The molecule has 158 valence electrons. The molecule has 1 aliphatic rings. The number of para-hydroxylation sites is 1. The van der Waals surface area contributed by atoms with Crippen molar-refractivity contribution in [1.29, 1.82) is 0 Å². The summed E-state index contributed by atoms with van der Waals surface area (Å²) in [4.78, 5) is 25.1. The number of esters is 1. The topological polar surface area (TPSA) is 57.5 Å². The number of fused-ring (bicyclic) bond motifs is 2. The zero-order chi connectivity index (χ0) is 22.2. The van der Waals surface area contributed by atoms with E-state index < -0.39 is 11.8 Å². The van der Waals surface area contributed by atoms with E-state index in [0.29, 0.717) is 11.3 Å². The Morgan fingerprint density at radius 1 is 1.09 bits per heavy atom. The minimum Gasteiger partial charge on any atom is -0.452 e. The fourth-order valence-electron chi connectivity index (χ4n) is 3.78. The van der Waals surface area contributed by atoms with Gasteiger partial charge in [0.1, 0.15) is 17.3 Å². The van der Waals surface area contributed by atoms with Crippen LogP contribution in [0.15, 0.2) is 78.7 Å². The number of hydrogen-bond donors (Lipinski definition) is 0. The Kier molecular flexibility index (Phi) is 4.82. The molecule has 0 saturated carbocycles. The van der Waals surface area contributed by atoms with Crippen LogP contribution >= 0.6 is 0 Å². The molecule has 5 nitrogen and oxygen atoms in total. The van der Waals surface area contributed by atoms with Crippen molar-refractivity contribution in [1.82, 2.24) is 4.57 Å². The molecule has 3 aromatic carbocycles. The molecule has 0 unspecified atom stereocenters. The number of carbonyl (C=O) groups is 2. The highest BCUT2D eigenvalue weighted by Gasteiger charge is 2.28. The Morgan fingerprint density at radius 3 is 2.66 bits per heavy atom. The highest BCUT2D eigenvalue weighted by molar-refractivity contribution is 6.15. The summed E-state index contributed by atoms with van der Waals surface area (Å²) in [7, 11) is 0. The third-order valence-corrected chi connectivity index (χ3v) is 5.38. The van der Waals surface area contributed by atoms with Crippen LogP contribution in [0.3, 0.4) is 0 Å². The number of nitrogens with zero attached hydrogens (tertiary/aromatic N) is 1. The zero-order valence-electron chi connectivity index (χ0n) is 17.2. The van der Waals surface area contributed by atoms with Crippen molar-refractivity contribution in [2.45, 2.75) is 13.5 Å². The maximum Gasteiger partial charge on any atom is 0.343 e. The third-order valence-electron chi connectivity index (χ3n) is 5.38. The number of allylic oxidation sites excluding steroid dienone is 1. The number of Topliss-reactive ketones (excluding diaryl/α,β-unsaturated/α-hetero) is 1. The molecule has 0 N–H and O–H groups in total. The summed E-state index contributed by atoms with van der Waals surface area (Å²) in [6, 6.07) is 17.7. The van der Waals surface area contributed by atoms with Crippen LogP contribution < -0.4 is 9.47 Å². The first-order valence-corrected chi connectivity index (χ1v) is 10.2. The molecule has 1 aliphatic heterocycles. The Balaban J connectivity index is 1.42. The fourth-order valence-corrected chi connectivity index (χ4v) is 3.78. The van der Waals surface area contributed by atoms with Gasteiger partial charge in [-0.1, -0.05) is 18.2 Å². The average molecular weight is 427 g/mol. The number of carbonyl (C=O) groups excluding carboxylic acids is 2. The lowest BCUT2D eigenvalue weighted by atomic mass is 10.1. The standard InChI is InChI=1S/C26H18FNO4/c1-2-28-15-17(20-5-3-4-6-22(20)28)13-24-25(29)21-12-11-19(14-23(21)32-24)31-26(30)16-7-9-18(27)10-8-16/h3-15H,2H2,1H3/b24-13+. The predicted octanol–water partition coefficient (Wildman–Crippen LogP) is 5.64. The van der Waals surface area contributed by atoms with E-state index in [4.69, 9.17) is 9.47 Å². The normalized spacial score (nSPS) is 13.9. The van der Waals surface area contributed by atoms with E-state index in [-0.39, 0.29) is 22.9 Å². The molecule has 0 amide bonds. The van der Waals surface area contributed by atoms with Gasteiger partial charge in [0.2, 0.25) is 5.78 Å². The van der Waals surface area contributed by atoms with E-state index in [0.717, 1.165) is 23.0 Å². The molecule has 0 saturated heterocycles. The molecule has 1 aromatic heterocycles. The Labute approximate surface area is 183 Å². The Hall–Kier alpha value is -4.19. The third kappa shape index (κ3) is 3.46. The van der Waals surface area contributed by atoms with Crippen molar-refractivity contribution in [2.75, 3.05) is 0 Å². The maximum absolute atomic E-state index is 13.1. The van der Waals surface area contributed by atoms with E-state index in [1.807, 2.05) is 30.5 Å². The summed E-state index contributed by atoms with van der Waals surface area (Å²) in [5.74, 6) is -0.532. The number of hydrogen-bond acceptors (Lipinski definition) is 4. The molecular formula is C26H18FNO4. The van der Waals surface area contributed by atoms with Gasteiger partial charge < -0.3 is 14.0 Å². The second-order valence-corrected chi connectivity index (χ2v) is 7.38. The molecular weight excluding hydrogens is 409 g/mol. The first kappa shape index (κ1) is 19.8. The lowest BCUT2D eigenvalue weighted by Crippen LogP contribution is -2.08. The van der Waals surface area contributed by atoms with Crippen molar-refractivity contribution in [3.63, 3.8) is 0 Å². The number of ketones is 1. The summed E-state index contributed by atoms with van der Waals surface area (Å²) < 4.78 is 26.3. The molecule has 0 bridgehead atoms. The molecule has 5 rings (SSSR count). The van der Waals surface area contributed by atoms with Crippen molar-refractivity contribution >= 4 is 28.7 Å². The van der Waals surface area contributed by atoms with Gasteiger partial charge >= 0.3 is 5.97 Å².